The highest BCUT2D eigenvalue weighted by Crippen LogP contribution is 2.11. The van der Waals surface area contributed by atoms with Crippen LogP contribution in [0.15, 0.2) is 24.3 Å². The third-order valence-corrected chi connectivity index (χ3v) is 2.03. The lowest BCUT2D eigenvalue weighted by Crippen LogP contribution is -2.29. The minimum atomic E-state index is -0.763. The lowest BCUT2D eigenvalue weighted by molar-refractivity contribution is 0.0600. The van der Waals surface area contributed by atoms with Crippen molar-refractivity contribution in [3.05, 3.63) is 29.8 Å². The Balaban J connectivity index is 2.62. The van der Waals surface area contributed by atoms with Gasteiger partial charge in [-0.15, -0.1) is 0 Å². The molecule has 0 aliphatic heterocycles. The van der Waals surface area contributed by atoms with Crippen LogP contribution in [0.3, 0.4) is 0 Å². The van der Waals surface area contributed by atoms with E-state index in [-0.39, 0.29) is 5.97 Å². The van der Waals surface area contributed by atoms with Crippen molar-refractivity contribution in [3.8, 4) is 0 Å². The van der Waals surface area contributed by atoms with Gasteiger partial charge in [-0.3, -0.25) is 0 Å². The van der Waals surface area contributed by atoms with Gasteiger partial charge in [0, 0.05) is 12.2 Å². The summed E-state index contributed by atoms with van der Waals surface area (Å²) in [6.07, 6.45) is 0. The number of hydrogen-bond donors (Lipinski definition) is 2. The molecule has 0 radical (unpaired) electrons. The maximum absolute atomic E-state index is 11.2. The van der Waals surface area contributed by atoms with Crippen molar-refractivity contribution in [2.45, 2.75) is 19.4 Å². The summed E-state index contributed by atoms with van der Waals surface area (Å²) in [5.74, 6) is -0.353. The number of carbonyl (C=O) groups excluding carboxylic acids is 1. The first kappa shape index (κ1) is 12.5. The molecule has 0 saturated carbocycles. The van der Waals surface area contributed by atoms with Crippen LogP contribution in [0.25, 0.3) is 0 Å². The molecule has 4 heteroatoms. The Labute approximate surface area is 95.2 Å². The lowest BCUT2D eigenvalue weighted by Gasteiger charge is -2.18. The molecule has 4 nitrogen and oxygen atoms in total. The molecule has 1 rings (SSSR count). The zero-order valence-electron chi connectivity index (χ0n) is 9.78. The van der Waals surface area contributed by atoms with Gasteiger partial charge in [-0.05, 0) is 38.1 Å². The van der Waals surface area contributed by atoms with Crippen molar-refractivity contribution in [1.29, 1.82) is 0 Å². The molecule has 88 valence electrons. The molecule has 0 atom stereocenters. The minimum absolute atomic E-state index is 0.353. The zero-order chi connectivity index (χ0) is 12.2. The second-order valence-electron chi connectivity index (χ2n) is 4.23. The van der Waals surface area contributed by atoms with Crippen LogP contribution < -0.4 is 5.32 Å². The van der Waals surface area contributed by atoms with Crippen LogP contribution >= 0.6 is 0 Å². The lowest BCUT2D eigenvalue weighted by atomic mass is 10.1. The maximum atomic E-state index is 11.2. The van der Waals surface area contributed by atoms with Crippen LogP contribution in [0.2, 0.25) is 0 Å². The van der Waals surface area contributed by atoms with Gasteiger partial charge in [-0.2, -0.15) is 0 Å². The predicted octanol–water partition coefficient (Wildman–Crippen LogP) is 1.66. The van der Waals surface area contributed by atoms with E-state index in [1.807, 2.05) is 0 Å². The fourth-order valence-corrected chi connectivity index (χ4v) is 1.16. The van der Waals surface area contributed by atoms with E-state index in [2.05, 4.69) is 10.1 Å². The van der Waals surface area contributed by atoms with Gasteiger partial charge in [0.05, 0.1) is 18.3 Å². The monoisotopic (exact) mass is 223 g/mol. The van der Waals surface area contributed by atoms with E-state index >= 15 is 0 Å². The Hall–Kier alpha value is -1.55. The van der Waals surface area contributed by atoms with Crippen LogP contribution in [0.4, 0.5) is 5.69 Å². The number of carbonyl (C=O) groups is 1. The molecular formula is C12H17NO3. The molecule has 1 aromatic rings. The summed E-state index contributed by atoms with van der Waals surface area (Å²) >= 11 is 0. The smallest absolute Gasteiger partial charge is 0.337 e. The summed E-state index contributed by atoms with van der Waals surface area (Å²) in [7, 11) is 1.35. The van der Waals surface area contributed by atoms with Crippen LogP contribution in [-0.2, 0) is 4.74 Å². The number of benzene rings is 1. The summed E-state index contributed by atoms with van der Waals surface area (Å²) < 4.78 is 4.59. The third-order valence-electron chi connectivity index (χ3n) is 2.03. The van der Waals surface area contributed by atoms with E-state index in [1.54, 1.807) is 38.1 Å². The maximum Gasteiger partial charge on any atom is 0.337 e. The van der Waals surface area contributed by atoms with E-state index in [9.17, 15) is 9.90 Å². The van der Waals surface area contributed by atoms with E-state index in [0.29, 0.717) is 12.1 Å². The Morgan fingerprint density at radius 3 is 2.38 bits per heavy atom. The molecule has 0 saturated heterocycles. The van der Waals surface area contributed by atoms with Gasteiger partial charge in [-0.25, -0.2) is 4.79 Å². The summed E-state index contributed by atoms with van der Waals surface area (Å²) in [4.78, 5) is 11.2. The van der Waals surface area contributed by atoms with E-state index in [0.717, 1.165) is 5.69 Å². The Morgan fingerprint density at radius 2 is 1.94 bits per heavy atom. The normalized spacial score (nSPS) is 11.0. The molecule has 2 N–H and O–H groups in total. The number of esters is 1. The van der Waals surface area contributed by atoms with Crippen molar-refractivity contribution >= 4 is 11.7 Å². The third kappa shape index (κ3) is 3.90. The number of aliphatic hydroxyl groups is 1. The molecule has 16 heavy (non-hydrogen) atoms. The standard InChI is InChI=1S/C12H17NO3/c1-12(2,15)8-13-10-6-4-9(5-7-10)11(14)16-3/h4-7,13,15H,8H2,1-3H3. The number of ether oxygens (including phenoxy) is 1. The summed E-state index contributed by atoms with van der Waals surface area (Å²) in [6, 6.07) is 6.91. The van der Waals surface area contributed by atoms with Crippen molar-refractivity contribution in [2.75, 3.05) is 19.0 Å². The van der Waals surface area contributed by atoms with Gasteiger partial charge in [0.2, 0.25) is 0 Å². The summed E-state index contributed by atoms with van der Waals surface area (Å²) in [5, 5.41) is 12.6. The van der Waals surface area contributed by atoms with E-state index in [1.165, 1.54) is 7.11 Å². The minimum Gasteiger partial charge on any atom is -0.465 e. The quantitative estimate of drug-likeness (QED) is 0.762. The molecule has 0 heterocycles. The van der Waals surface area contributed by atoms with Crippen molar-refractivity contribution in [3.63, 3.8) is 0 Å². The molecule has 1 aromatic carbocycles. The molecule has 0 aliphatic rings. The Bertz CT molecular complexity index is 352. The molecule has 0 fully saturated rings. The van der Waals surface area contributed by atoms with Crippen molar-refractivity contribution < 1.29 is 14.6 Å². The van der Waals surface area contributed by atoms with Crippen LogP contribution in [-0.4, -0.2) is 30.3 Å². The molecule has 0 spiro atoms. The molecule has 0 unspecified atom stereocenters. The van der Waals surface area contributed by atoms with Gasteiger partial charge in [0.1, 0.15) is 0 Å². The fraction of sp³-hybridized carbons (Fsp3) is 0.417. The second kappa shape index (κ2) is 4.99. The van der Waals surface area contributed by atoms with E-state index in [4.69, 9.17) is 0 Å². The molecular weight excluding hydrogens is 206 g/mol. The van der Waals surface area contributed by atoms with Crippen LogP contribution in [0.1, 0.15) is 24.2 Å². The number of nitrogens with one attached hydrogen (secondary N) is 1. The number of rotatable bonds is 4. The van der Waals surface area contributed by atoms with Gasteiger partial charge < -0.3 is 15.2 Å². The van der Waals surface area contributed by atoms with Crippen molar-refractivity contribution in [1.82, 2.24) is 0 Å². The summed E-state index contributed by atoms with van der Waals surface area (Å²) in [6.45, 7) is 3.90. The van der Waals surface area contributed by atoms with Crippen molar-refractivity contribution in [2.24, 2.45) is 0 Å². The highest BCUT2D eigenvalue weighted by atomic mass is 16.5. The average Bonchev–Trinajstić information content (AvgIpc) is 2.25. The molecule has 0 aliphatic carbocycles. The fourth-order valence-electron chi connectivity index (χ4n) is 1.16. The first-order valence-electron chi connectivity index (χ1n) is 5.07. The predicted molar refractivity (Wildman–Crippen MR) is 62.6 cm³/mol. The SMILES string of the molecule is COC(=O)c1ccc(NCC(C)(C)O)cc1. The second-order valence-corrected chi connectivity index (χ2v) is 4.23. The van der Waals surface area contributed by atoms with Gasteiger partial charge in [-0.1, -0.05) is 0 Å². The number of methoxy groups -OCH3 is 1. The topological polar surface area (TPSA) is 58.6 Å². The van der Waals surface area contributed by atoms with Gasteiger partial charge >= 0.3 is 5.97 Å². The zero-order valence-corrected chi connectivity index (χ0v) is 9.78. The largest absolute Gasteiger partial charge is 0.465 e. The molecule has 0 aromatic heterocycles. The van der Waals surface area contributed by atoms with Gasteiger partial charge in [0.25, 0.3) is 0 Å². The first-order valence-corrected chi connectivity index (χ1v) is 5.07. The first-order chi connectivity index (χ1) is 7.42. The van der Waals surface area contributed by atoms with Crippen LogP contribution in [0, 0.1) is 0 Å². The number of hydrogen-bond acceptors (Lipinski definition) is 4. The average molecular weight is 223 g/mol. The number of anilines is 1. The summed E-state index contributed by atoms with van der Waals surface area (Å²) in [5.41, 5.74) is 0.604. The Kier molecular flexibility index (Phi) is 3.90. The highest BCUT2D eigenvalue weighted by molar-refractivity contribution is 5.89. The van der Waals surface area contributed by atoms with Gasteiger partial charge in [0.15, 0.2) is 0 Å². The molecule has 0 bridgehead atoms. The Morgan fingerprint density at radius 1 is 1.38 bits per heavy atom. The highest BCUT2D eigenvalue weighted by Gasteiger charge is 2.11. The van der Waals surface area contributed by atoms with Crippen LogP contribution in [0.5, 0.6) is 0 Å². The van der Waals surface area contributed by atoms with E-state index < -0.39 is 5.60 Å². The molecule has 0 amide bonds.